The third-order valence-corrected chi connectivity index (χ3v) is 7.12. The van der Waals surface area contributed by atoms with Gasteiger partial charge >= 0.3 is 5.97 Å². The number of hydrogen-bond donors (Lipinski definition) is 0. The van der Waals surface area contributed by atoms with E-state index in [1.807, 2.05) is 86.6 Å². The monoisotopic (exact) mass is 471 g/mol. The third-order valence-electron chi connectivity index (χ3n) is 7.12. The van der Waals surface area contributed by atoms with Gasteiger partial charge in [-0.25, -0.2) is 0 Å². The first-order valence-corrected chi connectivity index (χ1v) is 12.3. The molecule has 4 rings (SSSR count). The molecule has 3 aromatic rings. The largest absolute Gasteiger partial charge is 0.465 e. The molecule has 0 spiro atoms. The van der Waals surface area contributed by atoms with Crippen LogP contribution in [0.15, 0.2) is 72.8 Å². The van der Waals surface area contributed by atoms with Gasteiger partial charge in [-0.1, -0.05) is 86.6 Å². The number of amides is 1. The standard InChI is InChI=1S/C30H33NO4/c1-20(2)26-19-35-30(34)28(26)29(33)24(16-23-14-9-13-22-12-7-8-15-25(22)23)17-27(32)31(3)18-21-10-5-4-6-11-21/h4-15,20,24,26,28H,16-19H2,1-3H3/t24-,26+,28+/m1/s1. The summed E-state index contributed by atoms with van der Waals surface area (Å²) in [5, 5.41) is 2.15. The van der Waals surface area contributed by atoms with Crippen LogP contribution < -0.4 is 0 Å². The van der Waals surface area contributed by atoms with Crippen LogP contribution in [0.25, 0.3) is 10.8 Å². The van der Waals surface area contributed by atoms with Gasteiger partial charge in [0.1, 0.15) is 5.92 Å². The molecular weight excluding hydrogens is 438 g/mol. The zero-order chi connectivity index (χ0) is 24.9. The van der Waals surface area contributed by atoms with Crippen LogP contribution in [0.3, 0.4) is 0 Å². The lowest BCUT2D eigenvalue weighted by atomic mass is 9.76. The highest BCUT2D eigenvalue weighted by atomic mass is 16.5. The fourth-order valence-electron chi connectivity index (χ4n) is 5.02. The molecule has 0 N–H and O–H groups in total. The lowest BCUT2D eigenvalue weighted by Crippen LogP contribution is -2.37. The number of hydrogen-bond acceptors (Lipinski definition) is 4. The van der Waals surface area contributed by atoms with Crippen molar-refractivity contribution in [3.63, 3.8) is 0 Å². The van der Waals surface area contributed by atoms with E-state index >= 15 is 0 Å². The Bertz CT molecular complexity index is 1200. The maximum absolute atomic E-state index is 13.9. The number of nitrogens with zero attached hydrogens (tertiary/aromatic N) is 1. The summed E-state index contributed by atoms with van der Waals surface area (Å²) in [6.45, 7) is 4.74. The van der Waals surface area contributed by atoms with Gasteiger partial charge < -0.3 is 9.64 Å². The number of cyclic esters (lactones) is 1. The number of ketones is 1. The molecule has 0 bridgehead atoms. The van der Waals surface area contributed by atoms with E-state index in [1.54, 1.807) is 11.9 Å². The molecule has 1 fully saturated rings. The van der Waals surface area contributed by atoms with E-state index in [0.717, 1.165) is 21.9 Å². The highest BCUT2D eigenvalue weighted by molar-refractivity contribution is 6.03. The average molecular weight is 472 g/mol. The van der Waals surface area contributed by atoms with Gasteiger partial charge in [-0.3, -0.25) is 14.4 Å². The van der Waals surface area contributed by atoms with E-state index in [4.69, 9.17) is 4.74 Å². The summed E-state index contributed by atoms with van der Waals surface area (Å²) in [7, 11) is 1.76. The Morgan fingerprint density at radius 2 is 1.66 bits per heavy atom. The molecule has 5 heteroatoms. The van der Waals surface area contributed by atoms with E-state index in [1.165, 1.54) is 0 Å². The summed E-state index contributed by atoms with van der Waals surface area (Å²) < 4.78 is 5.31. The Morgan fingerprint density at radius 1 is 0.971 bits per heavy atom. The summed E-state index contributed by atoms with van der Waals surface area (Å²) in [5.74, 6) is -2.21. The summed E-state index contributed by atoms with van der Waals surface area (Å²) >= 11 is 0. The molecule has 1 aliphatic rings. The van der Waals surface area contributed by atoms with Gasteiger partial charge in [-0.2, -0.15) is 0 Å². The van der Waals surface area contributed by atoms with Crippen molar-refractivity contribution in [2.45, 2.75) is 33.2 Å². The molecule has 0 aliphatic carbocycles. The molecule has 1 amide bonds. The molecule has 182 valence electrons. The molecule has 35 heavy (non-hydrogen) atoms. The fraction of sp³-hybridized carbons (Fsp3) is 0.367. The molecule has 0 saturated carbocycles. The van der Waals surface area contributed by atoms with Gasteiger partial charge in [0, 0.05) is 31.8 Å². The number of rotatable bonds is 9. The van der Waals surface area contributed by atoms with Crippen LogP contribution in [-0.4, -0.2) is 36.2 Å². The predicted molar refractivity (Wildman–Crippen MR) is 136 cm³/mol. The number of ether oxygens (including phenoxy) is 1. The topological polar surface area (TPSA) is 63.7 Å². The molecule has 1 aliphatic heterocycles. The van der Waals surface area contributed by atoms with E-state index < -0.39 is 17.8 Å². The van der Waals surface area contributed by atoms with Crippen molar-refractivity contribution in [2.75, 3.05) is 13.7 Å². The molecule has 1 saturated heterocycles. The van der Waals surface area contributed by atoms with E-state index in [9.17, 15) is 14.4 Å². The smallest absolute Gasteiger partial charge is 0.316 e. The Labute approximate surface area is 207 Å². The number of carbonyl (C=O) groups excluding carboxylic acids is 3. The summed E-state index contributed by atoms with van der Waals surface area (Å²) in [6, 6.07) is 23.8. The minimum Gasteiger partial charge on any atom is -0.465 e. The Kier molecular flexibility index (Phi) is 7.64. The molecule has 0 aromatic heterocycles. The molecule has 3 atom stereocenters. The Balaban J connectivity index is 1.61. The van der Waals surface area contributed by atoms with Gasteiger partial charge in [0.15, 0.2) is 5.78 Å². The molecule has 1 heterocycles. The first-order chi connectivity index (χ1) is 16.8. The van der Waals surface area contributed by atoms with Crippen LogP contribution >= 0.6 is 0 Å². The van der Waals surface area contributed by atoms with E-state index in [2.05, 4.69) is 0 Å². The molecule has 0 unspecified atom stereocenters. The Morgan fingerprint density at radius 3 is 2.40 bits per heavy atom. The lowest BCUT2D eigenvalue weighted by molar-refractivity contribution is -0.147. The molecular formula is C30H33NO4. The van der Waals surface area contributed by atoms with Gasteiger partial charge in [0.2, 0.25) is 5.91 Å². The van der Waals surface area contributed by atoms with Crippen molar-refractivity contribution in [1.29, 1.82) is 0 Å². The quantitative estimate of drug-likeness (QED) is 0.323. The second-order valence-corrected chi connectivity index (χ2v) is 9.90. The lowest BCUT2D eigenvalue weighted by Gasteiger charge is -2.25. The zero-order valence-corrected chi connectivity index (χ0v) is 20.6. The van der Waals surface area contributed by atoms with Gasteiger partial charge in [-0.15, -0.1) is 0 Å². The fourth-order valence-corrected chi connectivity index (χ4v) is 5.02. The predicted octanol–water partition coefficient (Wildman–Crippen LogP) is 5.06. The maximum atomic E-state index is 13.9. The first kappa shape index (κ1) is 24.6. The summed E-state index contributed by atoms with van der Waals surface area (Å²) in [5.41, 5.74) is 2.03. The minimum atomic E-state index is -0.817. The molecule has 5 nitrogen and oxygen atoms in total. The normalized spacial score (nSPS) is 18.5. The second-order valence-electron chi connectivity index (χ2n) is 9.90. The van der Waals surface area contributed by atoms with Crippen molar-refractivity contribution >= 4 is 28.4 Å². The highest BCUT2D eigenvalue weighted by Gasteiger charge is 2.46. The van der Waals surface area contributed by atoms with Crippen LogP contribution in [0.2, 0.25) is 0 Å². The van der Waals surface area contributed by atoms with E-state index in [0.29, 0.717) is 13.0 Å². The number of Topliss-reactive ketones (excluding diaryl/α,β-unsaturated/α-hetero) is 1. The van der Waals surface area contributed by atoms with Crippen molar-refractivity contribution in [3.05, 3.63) is 83.9 Å². The zero-order valence-electron chi connectivity index (χ0n) is 20.6. The molecule has 0 radical (unpaired) electrons. The minimum absolute atomic E-state index is 0.0555. The Hall–Kier alpha value is -3.47. The van der Waals surface area contributed by atoms with Gasteiger partial charge in [0.05, 0.1) is 6.61 Å². The van der Waals surface area contributed by atoms with Gasteiger partial charge in [0.25, 0.3) is 0 Å². The van der Waals surface area contributed by atoms with Crippen LogP contribution in [0.4, 0.5) is 0 Å². The maximum Gasteiger partial charge on any atom is 0.316 e. The van der Waals surface area contributed by atoms with Crippen molar-refractivity contribution in [2.24, 2.45) is 23.7 Å². The van der Waals surface area contributed by atoms with Crippen LogP contribution in [0.1, 0.15) is 31.4 Å². The number of fused-ring (bicyclic) bond motifs is 1. The SMILES string of the molecule is CC(C)[C@@H]1COC(=O)[C@@H]1C(=O)[C@@H](CC(=O)N(C)Cc1ccccc1)Cc1cccc2ccccc12. The van der Waals surface area contributed by atoms with Crippen molar-refractivity contribution in [1.82, 2.24) is 4.90 Å². The number of esters is 1. The number of carbonyl (C=O) groups is 3. The first-order valence-electron chi connectivity index (χ1n) is 12.3. The van der Waals surface area contributed by atoms with Crippen LogP contribution in [-0.2, 0) is 32.1 Å². The van der Waals surface area contributed by atoms with Crippen LogP contribution in [0, 0.1) is 23.7 Å². The van der Waals surface area contributed by atoms with Crippen molar-refractivity contribution in [3.8, 4) is 0 Å². The number of benzene rings is 3. The second kappa shape index (κ2) is 10.9. The third kappa shape index (κ3) is 5.61. The summed E-state index contributed by atoms with van der Waals surface area (Å²) in [4.78, 5) is 41.4. The average Bonchev–Trinajstić information content (AvgIpc) is 3.25. The van der Waals surface area contributed by atoms with Gasteiger partial charge in [-0.05, 0) is 34.2 Å². The van der Waals surface area contributed by atoms with Crippen LogP contribution in [0.5, 0.6) is 0 Å². The molecule has 3 aromatic carbocycles. The highest BCUT2D eigenvalue weighted by Crippen LogP contribution is 2.34. The van der Waals surface area contributed by atoms with Crippen molar-refractivity contribution < 1.29 is 19.1 Å². The van der Waals surface area contributed by atoms with E-state index in [-0.39, 0.29) is 36.6 Å². The summed E-state index contributed by atoms with van der Waals surface area (Å²) in [6.07, 6.45) is 0.458.